The Balaban J connectivity index is 2.42. The van der Waals surface area contributed by atoms with Crippen molar-refractivity contribution in [3.05, 3.63) is 53.9 Å². The number of nitrogens with zero attached hydrogens (tertiary/aromatic N) is 3. The van der Waals surface area contributed by atoms with E-state index >= 15 is 0 Å². The molecule has 15 heavy (non-hydrogen) atoms. The Morgan fingerprint density at radius 3 is 2.60 bits per heavy atom. The van der Waals surface area contributed by atoms with Crippen molar-refractivity contribution in [2.75, 3.05) is 0 Å². The van der Waals surface area contributed by atoms with Crippen LogP contribution in [0.15, 0.2) is 37.1 Å². The molecule has 2 aromatic heterocycles. The van der Waals surface area contributed by atoms with E-state index in [1.165, 1.54) is 18.6 Å². The van der Waals surface area contributed by atoms with E-state index in [-0.39, 0.29) is 5.78 Å². The molecular weight excluding hydrogens is 190 g/mol. The molecule has 0 spiro atoms. The molecule has 0 amide bonds. The molecule has 0 atom stereocenters. The van der Waals surface area contributed by atoms with Crippen LogP contribution in [0.5, 0.6) is 0 Å². The van der Waals surface area contributed by atoms with Crippen LogP contribution in [0.25, 0.3) is 0 Å². The molecule has 0 unspecified atom stereocenters. The van der Waals surface area contributed by atoms with E-state index in [1.54, 1.807) is 18.5 Å². The fraction of sp³-hybridized carbons (Fsp3) is 0.0909. The predicted molar refractivity (Wildman–Crippen MR) is 54.4 cm³/mol. The third-order valence-electron chi connectivity index (χ3n) is 2.08. The van der Waals surface area contributed by atoms with Crippen LogP contribution in [-0.4, -0.2) is 20.7 Å². The largest absolute Gasteiger partial charge is 0.287 e. The van der Waals surface area contributed by atoms with Crippen LogP contribution in [0.1, 0.15) is 21.6 Å². The Morgan fingerprint density at radius 1 is 1.13 bits per heavy atom. The zero-order chi connectivity index (χ0) is 10.7. The van der Waals surface area contributed by atoms with Crippen molar-refractivity contribution in [1.29, 1.82) is 0 Å². The number of aromatic nitrogens is 3. The summed E-state index contributed by atoms with van der Waals surface area (Å²) in [5, 5.41) is 0. The number of hydrogen-bond donors (Lipinski definition) is 0. The van der Waals surface area contributed by atoms with Gasteiger partial charge >= 0.3 is 0 Å². The second-order valence-corrected chi connectivity index (χ2v) is 3.11. The van der Waals surface area contributed by atoms with Crippen molar-refractivity contribution >= 4 is 5.78 Å². The highest BCUT2D eigenvalue weighted by Crippen LogP contribution is 2.09. The summed E-state index contributed by atoms with van der Waals surface area (Å²) in [6.45, 7) is 1.87. The van der Waals surface area contributed by atoms with Gasteiger partial charge in [0, 0.05) is 30.4 Å². The van der Waals surface area contributed by atoms with Crippen molar-refractivity contribution in [2.24, 2.45) is 0 Å². The molecule has 0 N–H and O–H groups in total. The molecule has 0 saturated carbocycles. The SMILES string of the molecule is Cc1ccncc1C(=O)c1cnccn1. The highest BCUT2D eigenvalue weighted by molar-refractivity contribution is 6.08. The van der Waals surface area contributed by atoms with Gasteiger partial charge in [-0.2, -0.15) is 0 Å². The average Bonchev–Trinajstić information content (AvgIpc) is 2.30. The maximum absolute atomic E-state index is 11.9. The Morgan fingerprint density at radius 2 is 1.93 bits per heavy atom. The minimum absolute atomic E-state index is 0.145. The molecule has 0 fully saturated rings. The zero-order valence-corrected chi connectivity index (χ0v) is 8.21. The van der Waals surface area contributed by atoms with Gasteiger partial charge in [0.1, 0.15) is 5.69 Å². The van der Waals surface area contributed by atoms with Gasteiger partial charge < -0.3 is 0 Å². The van der Waals surface area contributed by atoms with E-state index in [4.69, 9.17) is 0 Å². The molecule has 0 radical (unpaired) electrons. The lowest BCUT2D eigenvalue weighted by molar-refractivity contribution is 0.103. The smallest absolute Gasteiger partial charge is 0.214 e. The lowest BCUT2D eigenvalue weighted by Gasteiger charge is -2.01. The van der Waals surface area contributed by atoms with Crippen LogP contribution in [0.4, 0.5) is 0 Å². The summed E-state index contributed by atoms with van der Waals surface area (Å²) >= 11 is 0. The molecule has 0 aliphatic carbocycles. The first-order valence-corrected chi connectivity index (χ1v) is 4.50. The minimum Gasteiger partial charge on any atom is -0.287 e. The monoisotopic (exact) mass is 199 g/mol. The Kier molecular flexibility index (Phi) is 2.49. The molecule has 0 aliphatic heterocycles. The van der Waals surface area contributed by atoms with Crippen LogP contribution in [0.2, 0.25) is 0 Å². The Hall–Kier alpha value is -2.10. The summed E-state index contributed by atoms with van der Waals surface area (Å²) in [5.74, 6) is -0.145. The van der Waals surface area contributed by atoms with Gasteiger partial charge in [-0.05, 0) is 18.6 Å². The number of ketones is 1. The fourth-order valence-corrected chi connectivity index (χ4v) is 1.26. The van der Waals surface area contributed by atoms with Gasteiger partial charge in [-0.15, -0.1) is 0 Å². The van der Waals surface area contributed by atoms with Crippen molar-refractivity contribution in [1.82, 2.24) is 15.0 Å². The van der Waals surface area contributed by atoms with Gasteiger partial charge in [0.05, 0.1) is 6.20 Å². The molecule has 0 bridgehead atoms. The molecule has 4 nitrogen and oxygen atoms in total. The molecular formula is C11H9N3O. The molecule has 74 valence electrons. The lowest BCUT2D eigenvalue weighted by atomic mass is 10.1. The molecule has 4 heteroatoms. The van der Waals surface area contributed by atoms with Gasteiger partial charge in [-0.25, -0.2) is 4.98 Å². The van der Waals surface area contributed by atoms with Gasteiger partial charge in [0.25, 0.3) is 0 Å². The highest BCUT2D eigenvalue weighted by Gasteiger charge is 2.12. The molecule has 0 aliphatic rings. The average molecular weight is 199 g/mol. The van der Waals surface area contributed by atoms with Gasteiger partial charge in [0.15, 0.2) is 0 Å². The summed E-state index contributed by atoms with van der Waals surface area (Å²) < 4.78 is 0. The van der Waals surface area contributed by atoms with Crippen LogP contribution in [0.3, 0.4) is 0 Å². The van der Waals surface area contributed by atoms with Crippen molar-refractivity contribution < 1.29 is 4.79 Å². The number of rotatable bonds is 2. The molecule has 2 heterocycles. The summed E-state index contributed by atoms with van der Waals surface area (Å²) in [6, 6.07) is 1.80. The summed E-state index contributed by atoms with van der Waals surface area (Å²) in [6.07, 6.45) is 7.69. The maximum atomic E-state index is 11.9. The number of hydrogen-bond acceptors (Lipinski definition) is 4. The normalized spacial score (nSPS) is 9.93. The quantitative estimate of drug-likeness (QED) is 0.686. The van der Waals surface area contributed by atoms with Gasteiger partial charge in [0.2, 0.25) is 5.78 Å². The van der Waals surface area contributed by atoms with Crippen molar-refractivity contribution in [3.63, 3.8) is 0 Å². The number of carbonyl (C=O) groups excluding carboxylic acids is 1. The minimum atomic E-state index is -0.145. The first-order valence-electron chi connectivity index (χ1n) is 4.50. The van der Waals surface area contributed by atoms with Crippen LogP contribution in [-0.2, 0) is 0 Å². The number of aryl methyl sites for hydroxylation is 1. The van der Waals surface area contributed by atoms with Crippen molar-refractivity contribution in [2.45, 2.75) is 6.92 Å². The maximum Gasteiger partial charge on any atom is 0.214 e. The van der Waals surface area contributed by atoms with Crippen LogP contribution in [0, 0.1) is 6.92 Å². The Bertz CT molecular complexity index is 482. The molecule has 2 aromatic rings. The summed E-state index contributed by atoms with van der Waals surface area (Å²) in [7, 11) is 0. The van der Waals surface area contributed by atoms with E-state index in [1.807, 2.05) is 6.92 Å². The standard InChI is InChI=1S/C11H9N3O/c1-8-2-3-12-6-9(8)11(15)10-7-13-4-5-14-10/h2-7H,1H3. The second kappa shape index (κ2) is 3.96. The van der Waals surface area contributed by atoms with E-state index < -0.39 is 0 Å². The van der Waals surface area contributed by atoms with Gasteiger partial charge in [-0.1, -0.05) is 0 Å². The predicted octanol–water partition coefficient (Wildman–Crippen LogP) is 1.41. The number of pyridine rings is 1. The Labute approximate surface area is 87.0 Å². The first kappa shape index (κ1) is 9.45. The second-order valence-electron chi connectivity index (χ2n) is 3.11. The third-order valence-corrected chi connectivity index (χ3v) is 2.08. The number of carbonyl (C=O) groups is 1. The lowest BCUT2D eigenvalue weighted by Crippen LogP contribution is -2.06. The summed E-state index contributed by atoms with van der Waals surface area (Å²) in [4.78, 5) is 23.7. The van der Waals surface area contributed by atoms with E-state index in [2.05, 4.69) is 15.0 Å². The van der Waals surface area contributed by atoms with E-state index in [9.17, 15) is 4.79 Å². The molecule has 2 rings (SSSR count). The van der Waals surface area contributed by atoms with Crippen LogP contribution >= 0.6 is 0 Å². The zero-order valence-electron chi connectivity index (χ0n) is 8.21. The highest BCUT2D eigenvalue weighted by atomic mass is 16.1. The fourth-order valence-electron chi connectivity index (χ4n) is 1.26. The van der Waals surface area contributed by atoms with E-state index in [0.717, 1.165) is 5.56 Å². The molecule has 0 aromatic carbocycles. The van der Waals surface area contributed by atoms with E-state index in [0.29, 0.717) is 11.3 Å². The molecule has 0 saturated heterocycles. The first-order chi connectivity index (χ1) is 7.29. The third kappa shape index (κ3) is 1.88. The van der Waals surface area contributed by atoms with Crippen LogP contribution < -0.4 is 0 Å². The topological polar surface area (TPSA) is 55.7 Å². The van der Waals surface area contributed by atoms with Crippen molar-refractivity contribution in [3.8, 4) is 0 Å². The van der Waals surface area contributed by atoms with Gasteiger partial charge in [-0.3, -0.25) is 14.8 Å². The summed E-state index contributed by atoms with van der Waals surface area (Å²) in [5.41, 5.74) is 1.80.